The molecule has 3 saturated heterocycles. The summed E-state index contributed by atoms with van der Waals surface area (Å²) in [5, 5.41) is 9.79. The highest BCUT2D eigenvalue weighted by atomic mass is 35.5. The lowest BCUT2D eigenvalue weighted by atomic mass is 9.65. The monoisotopic (exact) mass is 649 g/mol. The summed E-state index contributed by atoms with van der Waals surface area (Å²) in [5.41, 5.74) is 1.71. The number of hydrogen-bond acceptors (Lipinski definition) is 5. The quantitative estimate of drug-likeness (QED) is 0.190. The van der Waals surface area contributed by atoms with Crippen LogP contribution in [0.4, 0.5) is 5.69 Å². The molecule has 240 valence electrons. The largest absolute Gasteiger partial charge is 0.396 e. The molecule has 7 nitrogen and oxygen atoms in total. The number of aliphatic hydroxyl groups excluding tert-OH is 1. The van der Waals surface area contributed by atoms with Gasteiger partial charge >= 0.3 is 0 Å². The van der Waals surface area contributed by atoms with E-state index < -0.39 is 22.6 Å². The number of aliphatic hydroxyl groups is 1. The molecule has 3 heterocycles. The lowest BCUT2D eigenvalue weighted by Gasteiger charge is -2.41. The van der Waals surface area contributed by atoms with E-state index in [2.05, 4.69) is 20.1 Å². The molecule has 1 spiro atoms. The third-order valence-corrected chi connectivity index (χ3v) is 12.0. The van der Waals surface area contributed by atoms with Crippen molar-refractivity contribution in [1.29, 1.82) is 0 Å². The Kier molecular flexibility index (Phi) is 10.8. The predicted molar refractivity (Wildman–Crippen MR) is 182 cm³/mol. The van der Waals surface area contributed by atoms with Crippen LogP contribution in [0, 0.1) is 17.8 Å². The topological polar surface area (TPSA) is 81.2 Å². The van der Waals surface area contributed by atoms with Gasteiger partial charge in [-0.25, -0.2) is 0 Å². The molecule has 0 aliphatic carbocycles. The number of thioether (sulfide) groups is 1. The fourth-order valence-corrected chi connectivity index (χ4v) is 10.2. The van der Waals surface area contributed by atoms with Crippen LogP contribution in [0.1, 0.15) is 44.6 Å². The van der Waals surface area contributed by atoms with E-state index in [1.165, 1.54) is 0 Å². The number of likely N-dealkylation sites (tertiary alicyclic amines) is 1. The van der Waals surface area contributed by atoms with Crippen molar-refractivity contribution >= 4 is 46.8 Å². The molecule has 3 aliphatic heterocycles. The van der Waals surface area contributed by atoms with E-state index in [1.807, 2.05) is 47.4 Å². The predicted octanol–water partition coefficient (Wildman–Crippen LogP) is 5.96. The molecule has 0 radical (unpaired) electrons. The second-order valence-electron chi connectivity index (χ2n) is 12.4. The van der Waals surface area contributed by atoms with E-state index in [0.717, 1.165) is 31.2 Å². The summed E-state index contributed by atoms with van der Waals surface area (Å²) >= 11 is 7.88. The molecule has 2 bridgehead atoms. The zero-order valence-corrected chi connectivity index (χ0v) is 27.6. The Labute approximate surface area is 276 Å². The summed E-state index contributed by atoms with van der Waals surface area (Å²) in [7, 11) is 0. The summed E-state index contributed by atoms with van der Waals surface area (Å²) in [6.07, 6.45) is 7.33. The molecule has 1 N–H and O–H groups in total. The smallest absolute Gasteiger partial charge is 0.251 e. The Morgan fingerprint density at radius 2 is 1.71 bits per heavy atom. The average Bonchev–Trinajstić information content (AvgIpc) is 3.63. The van der Waals surface area contributed by atoms with Crippen LogP contribution >= 0.6 is 23.4 Å². The second kappa shape index (κ2) is 14.6. The lowest BCUT2D eigenvalue weighted by Crippen LogP contribution is -2.57. The first-order valence-electron chi connectivity index (χ1n) is 16.0. The third-order valence-electron chi connectivity index (χ3n) is 9.67. The van der Waals surface area contributed by atoms with Crippen LogP contribution in [0.3, 0.4) is 0 Å². The molecule has 3 amide bonds. The van der Waals surface area contributed by atoms with E-state index in [-0.39, 0.29) is 42.0 Å². The molecule has 0 aromatic heterocycles. The highest BCUT2D eigenvalue weighted by Crippen LogP contribution is 2.69. The normalized spacial score (nSPS) is 26.5. The maximum atomic E-state index is 14.8. The van der Waals surface area contributed by atoms with Gasteiger partial charge in [0, 0.05) is 48.7 Å². The van der Waals surface area contributed by atoms with Gasteiger partial charge in [-0.2, -0.15) is 0 Å². The number of amides is 3. The molecule has 0 saturated carbocycles. The molecule has 2 aromatic rings. The maximum Gasteiger partial charge on any atom is 0.251 e. The first-order valence-corrected chi connectivity index (χ1v) is 17.2. The number of halogens is 1. The number of nitrogens with zero attached hydrogens (tertiary/aromatic N) is 3. The summed E-state index contributed by atoms with van der Waals surface area (Å²) < 4.78 is -0.720. The first kappa shape index (κ1) is 33.3. The van der Waals surface area contributed by atoms with Gasteiger partial charge in [0.1, 0.15) is 6.04 Å². The number of unbranched alkanes of at least 4 members (excludes halogenated alkanes) is 3. The van der Waals surface area contributed by atoms with Crippen LogP contribution < -0.4 is 4.90 Å². The van der Waals surface area contributed by atoms with E-state index >= 15 is 0 Å². The van der Waals surface area contributed by atoms with E-state index in [1.54, 1.807) is 45.8 Å². The SMILES string of the molecule is C=CCN(Cc1ccccc1)C(=O)[C@@H]1[C@H]2C(=O)N(CCCCCCO)C(C(=O)N(CC=C)c3ccc(Cl)cc3)C23S[C@@H]1CC3C. The molecular weight excluding hydrogens is 606 g/mol. The van der Waals surface area contributed by atoms with Crippen LogP contribution in [0.2, 0.25) is 5.02 Å². The van der Waals surface area contributed by atoms with Crippen molar-refractivity contribution in [3.8, 4) is 0 Å². The van der Waals surface area contributed by atoms with Crippen molar-refractivity contribution in [1.82, 2.24) is 9.80 Å². The van der Waals surface area contributed by atoms with Crippen LogP contribution in [0.25, 0.3) is 0 Å². The van der Waals surface area contributed by atoms with Gasteiger partial charge in [-0.15, -0.1) is 24.9 Å². The Hall–Kier alpha value is -3.07. The fourth-order valence-electron chi connectivity index (χ4n) is 7.69. The van der Waals surface area contributed by atoms with Gasteiger partial charge in [0.15, 0.2) is 0 Å². The Morgan fingerprint density at radius 3 is 2.38 bits per heavy atom. The summed E-state index contributed by atoms with van der Waals surface area (Å²) in [6, 6.07) is 16.3. The van der Waals surface area contributed by atoms with Crippen molar-refractivity contribution in [3.63, 3.8) is 0 Å². The summed E-state index contributed by atoms with van der Waals surface area (Å²) in [5.74, 6) is -1.32. The molecule has 45 heavy (non-hydrogen) atoms. The van der Waals surface area contributed by atoms with Crippen LogP contribution in [0.15, 0.2) is 79.9 Å². The zero-order chi connectivity index (χ0) is 32.1. The number of hydrogen-bond donors (Lipinski definition) is 1. The van der Waals surface area contributed by atoms with Crippen molar-refractivity contribution < 1.29 is 19.5 Å². The van der Waals surface area contributed by atoms with E-state index in [4.69, 9.17) is 11.6 Å². The minimum Gasteiger partial charge on any atom is -0.396 e. The minimum absolute atomic E-state index is 0.0416. The van der Waals surface area contributed by atoms with Gasteiger partial charge in [0.2, 0.25) is 11.8 Å². The van der Waals surface area contributed by atoms with Gasteiger partial charge in [-0.05, 0) is 55.0 Å². The third kappa shape index (κ3) is 6.34. The van der Waals surface area contributed by atoms with Crippen LogP contribution in [-0.2, 0) is 20.9 Å². The van der Waals surface area contributed by atoms with Crippen molar-refractivity contribution in [2.24, 2.45) is 17.8 Å². The Morgan fingerprint density at radius 1 is 1.02 bits per heavy atom. The number of benzene rings is 2. The molecule has 3 unspecified atom stereocenters. The highest BCUT2D eigenvalue weighted by molar-refractivity contribution is 8.02. The van der Waals surface area contributed by atoms with Gasteiger partial charge in [0.05, 0.1) is 16.6 Å². The molecule has 9 heteroatoms. The molecule has 3 aliphatic rings. The molecule has 3 fully saturated rings. The summed E-state index contributed by atoms with van der Waals surface area (Å²) in [4.78, 5) is 49.3. The van der Waals surface area contributed by atoms with Crippen molar-refractivity contribution in [2.45, 2.75) is 61.6 Å². The number of anilines is 1. The van der Waals surface area contributed by atoms with Crippen molar-refractivity contribution in [3.05, 3.63) is 90.5 Å². The maximum absolute atomic E-state index is 14.8. The fraction of sp³-hybridized carbons (Fsp3) is 0.472. The molecule has 2 aromatic carbocycles. The minimum atomic E-state index is -0.720. The average molecular weight is 650 g/mol. The number of rotatable bonds is 15. The number of carbonyl (C=O) groups excluding carboxylic acids is 3. The molecular formula is C36H44ClN3O4S. The Balaban J connectivity index is 1.52. The first-order chi connectivity index (χ1) is 21.8. The van der Waals surface area contributed by atoms with Crippen molar-refractivity contribution in [2.75, 3.05) is 31.1 Å². The number of fused-ring (bicyclic) bond motifs is 1. The van der Waals surface area contributed by atoms with Gasteiger partial charge in [-0.3, -0.25) is 14.4 Å². The molecule has 5 rings (SSSR count). The zero-order valence-electron chi connectivity index (χ0n) is 26.0. The lowest BCUT2D eigenvalue weighted by molar-refractivity contribution is -0.144. The number of carbonyl (C=O) groups is 3. The van der Waals surface area contributed by atoms with Crippen LogP contribution in [0.5, 0.6) is 0 Å². The molecule has 6 atom stereocenters. The summed E-state index contributed by atoms with van der Waals surface area (Å²) in [6.45, 7) is 11.6. The second-order valence-corrected chi connectivity index (χ2v) is 14.4. The highest BCUT2D eigenvalue weighted by Gasteiger charge is 2.76. The Bertz CT molecular complexity index is 1390. The van der Waals surface area contributed by atoms with Gasteiger partial charge in [-0.1, -0.05) is 73.9 Å². The van der Waals surface area contributed by atoms with E-state index in [0.29, 0.717) is 36.8 Å². The van der Waals surface area contributed by atoms with E-state index in [9.17, 15) is 19.5 Å². The van der Waals surface area contributed by atoms with Crippen LogP contribution in [-0.4, -0.2) is 74.9 Å². The van der Waals surface area contributed by atoms with Gasteiger partial charge in [0.25, 0.3) is 5.91 Å². The standard InChI is InChI=1S/C36H44ClN3O4S/c1-4-19-38(24-26-13-9-8-10-14-26)33(42)30-29-23-25(3)36(45-29)31(30)34(43)40(21-11-6-7-12-22-41)32(36)35(44)39(20-5-2)28-17-15-27(37)16-18-28/h4-5,8-10,13-18,25,29-32,41H,1-2,6-7,11-12,19-24H2,3H3/t25?,29-,30+,31+,32?,36?/m1/s1. The van der Waals surface area contributed by atoms with Gasteiger partial charge < -0.3 is 19.8 Å².